The molecular formula is C11H16N4O2S2. The molecule has 1 unspecified atom stereocenters. The summed E-state index contributed by atoms with van der Waals surface area (Å²) in [4.78, 5) is 13.0. The molecule has 0 saturated carbocycles. The number of hydrogen-bond acceptors (Lipinski definition) is 7. The van der Waals surface area contributed by atoms with E-state index in [-0.39, 0.29) is 5.75 Å². The maximum Gasteiger partial charge on any atom is 0.313 e. The molecule has 0 aliphatic carbocycles. The average Bonchev–Trinajstić information content (AvgIpc) is 2.85. The number of aliphatic carboxylic acids is 1. The van der Waals surface area contributed by atoms with Gasteiger partial charge >= 0.3 is 5.97 Å². The normalized spacial score (nSPS) is 29.4. The molecule has 8 heteroatoms. The largest absolute Gasteiger partial charge is 0.481 e. The first-order valence-electron chi connectivity index (χ1n) is 6.37. The summed E-state index contributed by atoms with van der Waals surface area (Å²) in [6.45, 7) is 3.53. The Morgan fingerprint density at radius 2 is 2.26 bits per heavy atom. The second-order valence-electron chi connectivity index (χ2n) is 4.94. The predicted octanol–water partition coefficient (Wildman–Crippen LogP) is 1.22. The summed E-state index contributed by atoms with van der Waals surface area (Å²) in [6, 6.07) is 0.466. The molecule has 3 saturated heterocycles. The van der Waals surface area contributed by atoms with Crippen LogP contribution in [0.2, 0.25) is 0 Å². The molecule has 1 atom stereocenters. The number of fused-ring (bicyclic) bond motifs is 3. The fourth-order valence-electron chi connectivity index (χ4n) is 2.74. The Kier molecular flexibility index (Phi) is 3.90. The number of piperidine rings is 3. The molecule has 4 rings (SSSR count). The van der Waals surface area contributed by atoms with E-state index in [9.17, 15) is 4.79 Å². The molecule has 2 N–H and O–H groups in total. The van der Waals surface area contributed by atoms with Crippen molar-refractivity contribution in [1.82, 2.24) is 15.1 Å². The first-order chi connectivity index (χ1) is 9.20. The fraction of sp³-hybridized carbons (Fsp3) is 0.727. The fourth-order valence-corrected chi connectivity index (χ4v) is 4.27. The maximum absolute atomic E-state index is 10.5. The van der Waals surface area contributed by atoms with Crippen molar-refractivity contribution in [3.05, 3.63) is 0 Å². The van der Waals surface area contributed by atoms with E-state index in [1.54, 1.807) is 0 Å². The van der Waals surface area contributed by atoms with Crippen LogP contribution < -0.4 is 5.32 Å². The van der Waals surface area contributed by atoms with Gasteiger partial charge in [0.25, 0.3) is 0 Å². The summed E-state index contributed by atoms with van der Waals surface area (Å²) in [6.07, 6.45) is 2.52. The van der Waals surface area contributed by atoms with Crippen LogP contribution >= 0.6 is 23.1 Å². The highest BCUT2D eigenvalue weighted by molar-refractivity contribution is 8.01. The first-order valence-corrected chi connectivity index (χ1v) is 8.18. The molecule has 19 heavy (non-hydrogen) atoms. The van der Waals surface area contributed by atoms with Crippen LogP contribution in [0, 0.1) is 5.92 Å². The molecular weight excluding hydrogens is 284 g/mol. The molecule has 2 bridgehead atoms. The third-order valence-corrected chi connectivity index (χ3v) is 5.66. The van der Waals surface area contributed by atoms with Gasteiger partial charge in [0.2, 0.25) is 5.13 Å². The molecule has 1 aromatic rings. The van der Waals surface area contributed by atoms with Gasteiger partial charge in [-0.3, -0.25) is 4.79 Å². The number of rotatable bonds is 5. The Hall–Kier alpha value is -0.860. The van der Waals surface area contributed by atoms with Crippen LogP contribution in [0.3, 0.4) is 0 Å². The van der Waals surface area contributed by atoms with Crippen molar-refractivity contribution < 1.29 is 9.90 Å². The van der Waals surface area contributed by atoms with Gasteiger partial charge in [-0.2, -0.15) is 0 Å². The lowest BCUT2D eigenvalue weighted by atomic mass is 9.84. The van der Waals surface area contributed by atoms with Gasteiger partial charge in [0.1, 0.15) is 0 Å². The SMILES string of the molecule is O=C(O)CSc1nnc(NC2CN3CCC2CC3)s1. The van der Waals surface area contributed by atoms with Crippen LogP contribution in [-0.2, 0) is 4.79 Å². The van der Waals surface area contributed by atoms with Gasteiger partial charge in [-0.25, -0.2) is 0 Å². The van der Waals surface area contributed by atoms with E-state index in [1.165, 1.54) is 49.0 Å². The lowest BCUT2D eigenvalue weighted by molar-refractivity contribution is -0.133. The monoisotopic (exact) mass is 300 g/mol. The summed E-state index contributed by atoms with van der Waals surface area (Å²) < 4.78 is 0.714. The summed E-state index contributed by atoms with van der Waals surface area (Å²) in [5.74, 6) is -0.0507. The van der Waals surface area contributed by atoms with Gasteiger partial charge < -0.3 is 15.3 Å². The standard InChI is InChI=1S/C11H16N4O2S2/c16-9(17)6-18-11-14-13-10(19-11)12-8-5-15-3-1-7(8)2-4-15/h7-8H,1-6H2,(H,12,13)(H,16,17). The Morgan fingerprint density at radius 3 is 2.89 bits per heavy atom. The molecule has 0 amide bonds. The van der Waals surface area contributed by atoms with E-state index >= 15 is 0 Å². The minimum Gasteiger partial charge on any atom is -0.481 e. The highest BCUT2D eigenvalue weighted by Crippen LogP contribution is 2.31. The summed E-state index contributed by atoms with van der Waals surface area (Å²) in [5.41, 5.74) is 0. The number of carboxylic acids is 1. The average molecular weight is 300 g/mol. The molecule has 3 aliphatic heterocycles. The van der Waals surface area contributed by atoms with Crippen LogP contribution in [0.5, 0.6) is 0 Å². The predicted molar refractivity (Wildman–Crippen MR) is 74.8 cm³/mol. The van der Waals surface area contributed by atoms with E-state index in [0.29, 0.717) is 10.4 Å². The van der Waals surface area contributed by atoms with E-state index in [0.717, 1.165) is 17.6 Å². The minimum atomic E-state index is -0.827. The van der Waals surface area contributed by atoms with Crippen molar-refractivity contribution in [2.45, 2.75) is 23.2 Å². The number of aromatic nitrogens is 2. The van der Waals surface area contributed by atoms with Crippen LogP contribution in [0.15, 0.2) is 4.34 Å². The van der Waals surface area contributed by atoms with Gasteiger partial charge in [0, 0.05) is 12.6 Å². The molecule has 3 fully saturated rings. The number of thioether (sulfide) groups is 1. The van der Waals surface area contributed by atoms with Crippen molar-refractivity contribution in [1.29, 1.82) is 0 Å². The van der Waals surface area contributed by atoms with Crippen LogP contribution in [0.1, 0.15) is 12.8 Å². The van der Waals surface area contributed by atoms with Gasteiger partial charge in [0.15, 0.2) is 4.34 Å². The number of nitrogens with one attached hydrogen (secondary N) is 1. The second-order valence-corrected chi connectivity index (χ2v) is 7.14. The topological polar surface area (TPSA) is 78.3 Å². The third kappa shape index (κ3) is 3.18. The number of anilines is 1. The Morgan fingerprint density at radius 1 is 1.47 bits per heavy atom. The smallest absolute Gasteiger partial charge is 0.313 e. The van der Waals surface area contributed by atoms with Crippen molar-refractivity contribution in [2.75, 3.05) is 30.7 Å². The molecule has 104 valence electrons. The lowest BCUT2D eigenvalue weighted by Crippen LogP contribution is -2.53. The first kappa shape index (κ1) is 13.1. The Bertz CT molecular complexity index is 459. The summed E-state index contributed by atoms with van der Waals surface area (Å²) in [5, 5.41) is 21.0. The van der Waals surface area contributed by atoms with Crippen LogP contribution in [0.4, 0.5) is 5.13 Å². The van der Waals surface area contributed by atoms with Crippen molar-refractivity contribution in [2.24, 2.45) is 5.92 Å². The van der Waals surface area contributed by atoms with Gasteiger partial charge in [-0.1, -0.05) is 23.1 Å². The summed E-state index contributed by atoms with van der Waals surface area (Å²) >= 11 is 2.67. The number of nitrogens with zero attached hydrogens (tertiary/aromatic N) is 3. The number of carboxylic acid groups (broad SMARTS) is 1. The molecule has 4 heterocycles. The van der Waals surface area contributed by atoms with Crippen molar-refractivity contribution >= 4 is 34.2 Å². The number of hydrogen-bond donors (Lipinski definition) is 2. The molecule has 0 radical (unpaired) electrons. The van der Waals surface area contributed by atoms with Crippen LogP contribution in [0.25, 0.3) is 0 Å². The molecule has 6 nitrogen and oxygen atoms in total. The molecule has 3 aliphatic rings. The van der Waals surface area contributed by atoms with E-state index in [2.05, 4.69) is 20.4 Å². The lowest BCUT2D eigenvalue weighted by Gasteiger charge is -2.44. The zero-order valence-corrected chi connectivity index (χ0v) is 12.0. The highest BCUT2D eigenvalue weighted by Gasteiger charge is 2.34. The van der Waals surface area contributed by atoms with Gasteiger partial charge in [-0.15, -0.1) is 10.2 Å². The molecule has 0 aromatic carbocycles. The quantitative estimate of drug-likeness (QED) is 0.792. The summed E-state index contributed by atoms with van der Waals surface area (Å²) in [7, 11) is 0. The van der Waals surface area contributed by atoms with E-state index in [4.69, 9.17) is 5.11 Å². The Balaban J connectivity index is 1.56. The van der Waals surface area contributed by atoms with Crippen molar-refractivity contribution in [3.8, 4) is 0 Å². The van der Waals surface area contributed by atoms with Crippen molar-refractivity contribution in [3.63, 3.8) is 0 Å². The zero-order chi connectivity index (χ0) is 13.2. The van der Waals surface area contributed by atoms with Gasteiger partial charge in [-0.05, 0) is 31.8 Å². The van der Waals surface area contributed by atoms with Crippen LogP contribution in [-0.4, -0.2) is 57.6 Å². The van der Waals surface area contributed by atoms with Gasteiger partial charge in [0.05, 0.1) is 5.75 Å². The third-order valence-electron chi connectivity index (χ3n) is 3.69. The highest BCUT2D eigenvalue weighted by atomic mass is 32.2. The zero-order valence-electron chi connectivity index (χ0n) is 10.4. The van der Waals surface area contributed by atoms with E-state index < -0.39 is 5.97 Å². The molecule has 1 aromatic heterocycles. The number of carbonyl (C=O) groups is 1. The maximum atomic E-state index is 10.5. The second kappa shape index (κ2) is 5.64. The molecule has 0 spiro atoms. The minimum absolute atomic E-state index is 0.0362. The Labute approximate surface area is 119 Å². The van der Waals surface area contributed by atoms with E-state index in [1.807, 2.05) is 0 Å².